The Labute approximate surface area is 150 Å². The van der Waals surface area contributed by atoms with Crippen LogP contribution in [0.15, 0.2) is 48.9 Å². The van der Waals surface area contributed by atoms with Gasteiger partial charge in [0.25, 0.3) is 0 Å². The number of carbonyl (C=O) groups is 1. The first-order valence-electron chi connectivity index (χ1n) is 7.83. The van der Waals surface area contributed by atoms with Crippen LogP contribution in [0.2, 0.25) is 0 Å². The highest BCUT2D eigenvalue weighted by Gasteiger charge is 2.24. The molecule has 0 unspecified atom stereocenters. The molecule has 0 fully saturated rings. The zero-order valence-electron chi connectivity index (χ0n) is 13.6. The topological polar surface area (TPSA) is 84.7 Å². The molecule has 3 N–H and O–H groups in total. The van der Waals surface area contributed by atoms with Crippen LogP contribution in [0.5, 0.6) is 0 Å². The second-order valence-corrected chi connectivity index (χ2v) is 5.82. The molecule has 3 aromatic heterocycles. The molecule has 0 radical (unpaired) electrons. The molecule has 0 saturated heterocycles. The maximum atomic E-state index is 14.2. The van der Waals surface area contributed by atoms with Gasteiger partial charge in [-0.3, -0.25) is 4.79 Å². The first kappa shape index (κ1) is 16.8. The zero-order chi connectivity index (χ0) is 19.1. The van der Waals surface area contributed by atoms with Gasteiger partial charge in [-0.1, -0.05) is 0 Å². The summed E-state index contributed by atoms with van der Waals surface area (Å²) in [6, 6.07) is 6.55. The van der Waals surface area contributed by atoms with E-state index in [4.69, 9.17) is 5.73 Å². The number of aromatic nitrogens is 3. The van der Waals surface area contributed by atoms with E-state index in [1.165, 1.54) is 30.7 Å². The van der Waals surface area contributed by atoms with Crippen molar-refractivity contribution in [1.29, 1.82) is 0 Å². The van der Waals surface area contributed by atoms with Crippen molar-refractivity contribution in [1.82, 2.24) is 15.0 Å². The fourth-order valence-electron chi connectivity index (χ4n) is 2.85. The number of rotatable bonds is 3. The Bertz CT molecular complexity index is 1200. The van der Waals surface area contributed by atoms with E-state index >= 15 is 0 Å². The lowest BCUT2D eigenvalue weighted by Gasteiger charge is -2.06. The minimum absolute atomic E-state index is 0.00736. The monoisotopic (exact) mass is 368 g/mol. The fourth-order valence-corrected chi connectivity index (χ4v) is 2.85. The summed E-state index contributed by atoms with van der Waals surface area (Å²) in [5, 5.41) is 0.293. The number of nitrogen functional groups attached to an aromatic ring is 1. The van der Waals surface area contributed by atoms with Gasteiger partial charge in [0.1, 0.15) is 11.5 Å². The van der Waals surface area contributed by atoms with Gasteiger partial charge in [0.2, 0.25) is 11.7 Å². The molecule has 5 nitrogen and oxygen atoms in total. The molecule has 0 bridgehead atoms. The minimum Gasteiger partial charge on any atom is -0.396 e. The Morgan fingerprint density at radius 1 is 1.11 bits per heavy atom. The van der Waals surface area contributed by atoms with Gasteiger partial charge in [0.15, 0.2) is 5.82 Å². The Morgan fingerprint density at radius 3 is 2.70 bits per heavy atom. The number of ketones is 1. The van der Waals surface area contributed by atoms with Crippen LogP contribution >= 0.6 is 0 Å². The highest BCUT2D eigenvalue weighted by molar-refractivity contribution is 6.16. The average Bonchev–Trinajstić information content (AvgIpc) is 3.08. The van der Waals surface area contributed by atoms with Crippen molar-refractivity contribution < 1.29 is 18.0 Å². The summed E-state index contributed by atoms with van der Waals surface area (Å²) in [6.45, 7) is 0. The molecule has 0 spiro atoms. The largest absolute Gasteiger partial charge is 0.396 e. The number of nitrogens with zero attached hydrogens (tertiary/aromatic N) is 2. The van der Waals surface area contributed by atoms with Gasteiger partial charge in [0, 0.05) is 40.7 Å². The molecule has 0 saturated carbocycles. The van der Waals surface area contributed by atoms with Crippen molar-refractivity contribution in [3.8, 4) is 11.1 Å². The second-order valence-electron chi connectivity index (χ2n) is 5.82. The number of H-pyrrole nitrogens is 1. The SMILES string of the molecule is Nc1ccc(F)c(C(=O)c2c[nH]c3ncc(-c4cccnc4F)cc23)c1F. The molecule has 0 aliphatic heterocycles. The third-order valence-electron chi connectivity index (χ3n) is 4.19. The first-order chi connectivity index (χ1) is 13.0. The number of nitrogens with two attached hydrogens (primary N) is 1. The van der Waals surface area contributed by atoms with Gasteiger partial charge >= 0.3 is 0 Å². The van der Waals surface area contributed by atoms with Crippen LogP contribution < -0.4 is 5.73 Å². The lowest BCUT2D eigenvalue weighted by atomic mass is 10.00. The number of anilines is 1. The lowest BCUT2D eigenvalue weighted by Crippen LogP contribution is -2.09. The van der Waals surface area contributed by atoms with E-state index in [1.807, 2.05) is 0 Å². The average molecular weight is 368 g/mol. The van der Waals surface area contributed by atoms with Crippen LogP contribution in [0.25, 0.3) is 22.2 Å². The van der Waals surface area contributed by atoms with Crippen molar-refractivity contribution in [2.75, 3.05) is 5.73 Å². The molecular weight excluding hydrogens is 357 g/mol. The van der Waals surface area contributed by atoms with Gasteiger partial charge in [-0.25, -0.2) is 18.7 Å². The highest BCUT2D eigenvalue weighted by atomic mass is 19.1. The predicted octanol–water partition coefficient (Wildman–Crippen LogP) is 3.86. The quantitative estimate of drug-likeness (QED) is 0.327. The maximum absolute atomic E-state index is 14.2. The van der Waals surface area contributed by atoms with Crippen molar-refractivity contribution >= 4 is 22.5 Å². The molecule has 0 atom stereocenters. The van der Waals surface area contributed by atoms with Gasteiger partial charge in [-0.05, 0) is 30.3 Å². The fraction of sp³-hybridized carbons (Fsp3) is 0. The Balaban J connectivity index is 1.89. The number of benzene rings is 1. The summed E-state index contributed by atoms with van der Waals surface area (Å²) in [6.07, 6.45) is 4.02. The second kappa shape index (κ2) is 6.24. The predicted molar refractivity (Wildman–Crippen MR) is 93.5 cm³/mol. The molecule has 0 amide bonds. The van der Waals surface area contributed by atoms with Crippen molar-refractivity contribution in [2.45, 2.75) is 0 Å². The smallest absolute Gasteiger partial charge is 0.220 e. The van der Waals surface area contributed by atoms with E-state index in [-0.39, 0.29) is 16.8 Å². The van der Waals surface area contributed by atoms with E-state index in [9.17, 15) is 18.0 Å². The normalized spacial score (nSPS) is 11.1. The molecule has 134 valence electrons. The zero-order valence-corrected chi connectivity index (χ0v) is 13.6. The lowest BCUT2D eigenvalue weighted by molar-refractivity contribution is 0.103. The number of hydrogen-bond donors (Lipinski definition) is 2. The molecule has 0 aliphatic rings. The number of pyridine rings is 2. The van der Waals surface area contributed by atoms with Crippen LogP contribution in [0.4, 0.5) is 18.9 Å². The first-order valence-corrected chi connectivity index (χ1v) is 7.83. The van der Waals surface area contributed by atoms with Crippen LogP contribution in [0.3, 0.4) is 0 Å². The Morgan fingerprint density at radius 2 is 1.93 bits per heavy atom. The molecule has 4 rings (SSSR count). The van der Waals surface area contributed by atoms with Crippen LogP contribution in [-0.2, 0) is 0 Å². The van der Waals surface area contributed by atoms with Crippen LogP contribution in [-0.4, -0.2) is 20.7 Å². The van der Waals surface area contributed by atoms with E-state index in [2.05, 4.69) is 15.0 Å². The van der Waals surface area contributed by atoms with Crippen LogP contribution in [0.1, 0.15) is 15.9 Å². The summed E-state index contributed by atoms with van der Waals surface area (Å²) in [7, 11) is 0. The van der Waals surface area contributed by atoms with E-state index in [1.54, 1.807) is 6.07 Å². The van der Waals surface area contributed by atoms with E-state index < -0.39 is 28.9 Å². The van der Waals surface area contributed by atoms with Crippen molar-refractivity contribution in [2.24, 2.45) is 0 Å². The third kappa shape index (κ3) is 2.71. The van der Waals surface area contributed by atoms with Gasteiger partial charge in [-0.15, -0.1) is 0 Å². The number of halogens is 3. The summed E-state index contributed by atoms with van der Waals surface area (Å²) in [5.41, 5.74) is 5.22. The molecule has 27 heavy (non-hydrogen) atoms. The van der Waals surface area contributed by atoms with Crippen LogP contribution in [0, 0.1) is 17.6 Å². The molecule has 3 heterocycles. The van der Waals surface area contributed by atoms with E-state index in [0.29, 0.717) is 16.6 Å². The minimum atomic E-state index is -1.13. The molecule has 4 aromatic rings. The van der Waals surface area contributed by atoms with Crippen molar-refractivity contribution in [3.63, 3.8) is 0 Å². The summed E-state index contributed by atoms with van der Waals surface area (Å²) in [5.74, 6) is -3.75. The Hall–Kier alpha value is -3.68. The highest BCUT2D eigenvalue weighted by Crippen LogP contribution is 2.29. The molecule has 1 aromatic carbocycles. The molecular formula is C19H11F3N4O. The van der Waals surface area contributed by atoms with Crippen molar-refractivity contribution in [3.05, 3.63) is 77.6 Å². The number of hydrogen-bond acceptors (Lipinski definition) is 4. The third-order valence-corrected chi connectivity index (χ3v) is 4.19. The van der Waals surface area contributed by atoms with Gasteiger partial charge in [0.05, 0.1) is 11.3 Å². The summed E-state index contributed by atoms with van der Waals surface area (Å²) >= 11 is 0. The summed E-state index contributed by atoms with van der Waals surface area (Å²) < 4.78 is 42.3. The van der Waals surface area contributed by atoms with Gasteiger partial charge < -0.3 is 10.7 Å². The van der Waals surface area contributed by atoms with E-state index in [0.717, 1.165) is 12.1 Å². The number of aromatic amines is 1. The molecule has 8 heteroatoms. The summed E-state index contributed by atoms with van der Waals surface area (Å²) in [4.78, 5) is 23.3. The molecule has 0 aliphatic carbocycles. The number of fused-ring (bicyclic) bond motifs is 1. The van der Waals surface area contributed by atoms with Gasteiger partial charge in [-0.2, -0.15) is 4.39 Å². The maximum Gasteiger partial charge on any atom is 0.220 e. The Kier molecular flexibility index (Phi) is 3.88. The standard InChI is InChI=1S/C19H11F3N4O/c20-13-3-4-14(23)16(21)15(13)17(27)12-8-26-19-11(12)6-9(7-25-19)10-2-1-5-24-18(10)22/h1-8H,23H2,(H,25,26). The number of carbonyl (C=O) groups excluding carboxylic acids is 1. The number of nitrogens with one attached hydrogen (secondary N) is 1.